The second kappa shape index (κ2) is 3.59. The van der Waals surface area contributed by atoms with E-state index in [1.165, 1.54) is 6.33 Å². The van der Waals surface area contributed by atoms with Crippen molar-refractivity contribution in [3.63, 3.8) is 0 Å². The van der Waals surface area contributed by atoms with Crippen molar-refractivity contribution in [2.24, 2.45) is 5.18 Å². The van der Waals surface area contributed by atoms with E-state index < -0.39 is 0 Å². The van der Waals surface area contributed by atoms with Crippen LogP contribution in [0.15, 0.2) is 11.5 Å². The standard InChI is InChI=1S/C5H3Cl2N3O/c6-4-3(1-10-11)5(7)9-2-8-4/h2H,1H2. The van der Waals surface area contributed by atoms with Crippen molar-refractivity contribution in [2.75, 3.05) is 0 Å². The summed E-state index contributed by atoms with van der Waals surface area (Å²) in [6, 6.07) is 0. The summed E-state index contributed by atoms with van der Waals surface area (Å²) >= 11 is 11.1. The fraction of sp³-hybridized carbons (Fsp3) is 0.200. The van der Waals surface area contributed by atoms with Gasteiger partial charge in [0.05, 0.1) is 5.56 Å². The largest absolute Gasteiger partial charge is 0.224 e. The van der Waals surface area contributed by atoms with E-state index in [1.807, 2.05) is 0 Å². The first-order valence-corrected chi connectivity index (χ1v) is 3.45. The second-order valence-electron chi connectivity index (χ2n) is 1.72. The molecule has 0 amide bonds. The maximum atomic E-state index is 9.86. The third kappa shape index (κ3) is 1.85. The van der Waals surface area contributed by atoms with Crippen LogP contribution in [0.3, 0.4) is 0 Å². The summed E-state index contributed by atoms with van der Waals surface area (Å²) in [7, 11) is 0. The first-order valence-electron chi connectivity index (χ1n) is 2.69. The monoisotopic (exact) mass is 191 g/mol. The van der Waals surface area contributed by atoms with Gasteiger partial charge >= 0.3 is 0 Å². The van der Waals surface area contributed by atoms with Crippen LogP contribution in [0.1, 0.15) is 5.56 Å². The molecule has 0 bridgehead atoms. The lowest BCUT2D eigenvalue weighted by Gasteiger charge is -1.97. The molecule has 58 valence electrons. The van der Waals surface area contributed by atoms with Crippen LogP contribution in [-0.2, 0) is 6.54 Å². The molecule has 0 N–H and O–H groups in total. The van der Waals surface area contributed by atoms with E-state index in [0.717, 1.165) is 0 Å². The predicted octanol–water partition coefficient (Wildman–Crippen LogP) is 2.05. The Bertz CT molecular complexity index is 258. The molecule has 1 aromatic rings. The Morgan fingerprint density at radius 1 is 1.36 bits per heavy atom. The zero-order valence-corrected chi connectivity index (χ0v) is 6.80. The Morgan fingerprint density at radius 2 is 1.91 bits per heavy atom. The molecule has 0 aliphatic carbocycles. The van der Waals surface area contributed by atoms with Crippen LogP contribution in [0.25, 0.3) is 0 Å². The Hall–Kier alpha value is -0.740. The third-order valence-corrected chi connectivity index (χ3v) is 1.71. The zero-order chi connectivity index (χ0) is 8.27. The minimum atomic E-state index is -0.0987. The second-order valence-corrected chi connectivity index (χ2v) is 2.44. The Kier molecular flexibility index (Phi) is 2.73. The smallest absolute Gasteiger partial charge is 0.139 e. The van der Waals surface area contributed by atoms with Crippen molar-refractivity contribution in [1.29, 1.82) is 0 Å². The van der Waals surface area contributed by atoms with E-state index in [1.54, 1.807) is 0 Å². The Morgan fingerprint density at radius 3 is 2.36 bits per heavy atom. The van der Waals surface area contributed by atoms with Crippen LogP contribution in [0.2, 0.25) is 10.3 Å². The average molecular weight is 192 g/mol. The van der Waals surface area contributed by atoms with E-state index in [2.05, 4.69) is 15.1 Å². The van der Waals surface area contributed by atoms with Gasteiger partial charge in [0.25, 0.3) is 0 Å². The summed E-state index contributed by atoms with van der Waals surface area (Å²) in [4.78, 5) is 17.1. The van der Waals surface area contributed by atoms with Crippen LogP contribution in [0.4, 0.5) is 0 Å². The fourth-order valence-electron chi connectivity index (χ4n) is 0.566. The molecule has 0 saturated carbocycles. The summed E-state index contributed by atoms with van der Waals surface area (Å²) < 4.78 is 0. The van der Waals surface area contributed by atoms with Gasteiger partial charge in [-0.15, -0.1) is 0 Å². The summed E-state index contributed by atoms with van der Waals surface area (Å²) in [5, 5.41) is 2.97. The highest BCUT2D eigenvalue weighted by molar-refractivity contribution is 6.34. The summed E-state index contributed by atoms with van der Waals surface area (Å²) in [5.41, 5.74) is 0.367. The summed E-state index contributed by atoms with van der Waals surface area (Å²) in [6.07, 6.45) is 1.22. The van der Waals surface area contributed by atoms with Crippen LogP contribution in [-0.4, -0.2) is 9.97 Å². The minimum Gasteiger partial charge on any atom is -0.224 e. The van der Waals surface area contributed by atoms with Gasteiger partial charge in [0.1, 0.15) is 23.2 Å². The van der Waals surface area contributed by atoms with Crippen molar-refractivity contribution < 1.29 is 0 Å². The molecule has 1 aromatic heterocycles. The minimum absolute atomic E-state index is 0.0987. The van der Waals surface area contributed by atoms with E-state index in [4.69, 9.17) is 23.2 Å². The number of halogens is 2. The lowest BCUT2D eigenvalue weighted by Crippen LogP contribution is -1.90. The van der Waals surface area contributed by atoms with E-state index in [9.17, 15) is 4.91 Å². The van der Waals surface area contributed by atoms with Gasteiger partial charge in [0.15, 0.2) is 0 Å². The molecule has 0 aromatic carbocycles. The molecule has 1 rings (SSSR count). The Labute approximate surface area is 72.5 Å². The highest BCUT2D eigenvalue weighted by Crippen LogP contribution is 2.19. The highest BCUT2D eigenvalue weighted by Gasteiger charge is 2.06. The molecule has 6 heteroatoms. The van der Waals surface area contributed by atoms with Crippen molar-refractivity contribution in [3.8, 4) is 0 Å². The maximum Gasteiger partial charge on any atom is 0.139 e. The highest BCUT2D eigenvalue weighted by atomic mass is 35.5. The SMILES string of the molecule is O=NCc1c(Cl)ncnc1Cl. The normalized spacial score (nSPS) is 9.64. The first-order chi connectivity index (χ1) is 5.25. The number of aromatic nitrogens is 2. The van der Waals surface area contributed by atoms with Gasteiger partial charge in [-0.05, 0) is 0 Å². The molecule has 11 heavy (non-hydrogen) atoms. The van der Waals surface area contributed by atoms with Crippen molar-refractivity contribution in [1.82, 2.24) is 9.97 Å². The lowest BCUT2D eigenvalue weighted by molar-refractivity contribution is 0.999. The average Bonchev–Trinajstić information content (AvgIpc) is 1.97. The molecule has 1 heterocycles. The summed E-state index contributed by atoms with van der Waals surface area (Å²) in [6.45, 7) is -0.0987. The van der Waals surface area contributed by atoms with Crippen LogP contribution in [0, 0.1) is 4.91 Å². The molecule has 0 aliphatic heterocycles. The topological polar surface area (TPSA) is 55.2 Å². The first kappa shape index (κ1) is 8.36. The predicted molar refractivity (Wildman–Crippen MR) is 41.6 cm³/mol. The van der Waals surface area contributed by atoms with Gasteiger partial charge in [-0.1, -0.05) is 28.4 Å². The number of nitrogens with zero attached hydrogens (tertiary/aromatic N) is 3. The molecule has 4 nitrogen and oxygen atoms in total. The molecular formula is C5H3Cl2N3O. The van der Waals surface area contributed by atoms with Crippen LogP contribution < -0.4 is 0 Å². The maximum absolute atomic E-state index is 9.86. The number of hydrogen-bond acceptors (Lipinski definition) is 4. The molecule has 0 unspecified atom stereocenters. The van der Waals surface area contributed by atoms with Gasteiger partial charge in [-0.3, -0.25) is 0 Å². The van der Waals surface area contributed by atoms with E-state index in [0.29, 0.717) is 5.56 Å². The molecule has 0 radical (unpaired) electrons. The molecule has 0 atom stereocenters. The fourth-order valence-corrected chi connectivity index (χ4v) is 1.00. The molecular weight excluding hydrogens is 189 g/mol. The van der Waals surface area contributed by atoms with Crippen molar-refractivity contribution in [3.05, 3.63) is 27.1 Å². The summed E-state index contributed by atoms with van der Waals surface area (Å²) in [5.74, 6) is 0. The molecule has 0 aliphatic rings. The Balaban J connectivity index is 3.09. The van der Waals surface area contributed by atoms with Gasteiger partial charge < -0.3 is 0 Å². The van der Waals surface area contributed by atoms with Gasteiger partial charge in [0, 0.05) is 0 Å². The number of hydrogen-bond donors (Lipinski definition) is 0. The quantitative estimate of drug-likeness (QED) is 0.532. The van der Waals surface area contributed by atoms with E-state index >= 15 is 0 Å². The molecule has 0 fully saturated rings. The van der Waals surface area contributed by atoms with Gasteiger partial charge in [-0.2, -0.15) is 4.91 Å². The van der Waals surface area contributed by atoms with Crippen molar-refractivity contribution in [2.45, 2.75) is 6.54 Å². The number of nitroso groups, excluding NO2 is 1. The van der Waals surface area contributed by atoms with Gasteiger partial charge in [-0.25, -0.2) is 9.97 Å². The zero-order valence-electron chi connectivity index (χ0n) is 5.29. The van der Waals surface area contributed by atoms with Crippen molar-refractivity contribution >= 4 is 23.2 Å². The molecule has 0 saturated heterocycles. The lowest BCUT2D eigenvalue weighted by atomic mass is 10.3. The van der Waals surface area contributed by atoms with Crippen LogP contribution in [0.5, 0.6) is 0 Å². The van der Waals surface area contributed by atoms with E-state index in [-0.39, 0.29) is 16.9 Å². The van der Waals surface area contributed by atoms with Crippen LogP contribution >= 0.6 is 23.2 Å². The number of rotatable bonds is 2. The van der Waals surface area contributed by atoms with Gasteiger partial charge in [0.2, 0.25) is 0 Å². The molecule has 0 spiro atoms. The third-order valence-electron chi connectivity index (χ3n) is 1.06.